The van der Waals surface area contributed by atoms with Gasteiger partial charge in [-0.25, -0.2) is 4.79 Å². The van der Waals surface area contributed by atoms with Gasteiger partial charge in [0, 0.05) is 5.69 Å². The normalized spacial score (nSPS) is 17.8. The zero-order chi connectivity index (χ0) is 13.7. The Hall–Kier alpha value is -1.55. The summed E-state index contributed by atoms with van der Waals surface area (Å²) in [7, 11) is 0. The Morgan fingerprint density at radius 2 is 1.95 bits per heavy atom. The topological polar surface area (TPSA) is 50.4 Å². The van der Waals surface area contributed by atoms with Crippen LogP contribution in [0, 0.1) is 6.92 Å². The Balaban J connectivity index is 2.17. The Morgan fingerprint density at radius 1 is 1.32 bits per heavy atom. The molecule has 4 nitrogen and oxygen atoms in total. The third-order valence-corrected chi connectivity index (χ3v) is 3.56. The number of esters is 1. The van der Waals surface area contributed by atoms with Crippen LogP contribution in [0.4, 0.5) is 5.69 Å². The molecule has 1 fully saturated rings. The quantitative estimate of drug-likeness (QED) is 0.816. The number of carbonyl (C=O) groups excluding carboxylic acids is 1. The molecule has 0 bridgehead atoms. The summed E-state index contributed by atoms with van der Waals surface area (Å²) in [5.41, 5.74) is 1.60. The van der Waals surface area contributed by atoms with E-state index in [1.54, 1.807) is 0 Å². The fourth-order valence-electron chi connectivity index (χ4n) is 2.42. The van der Waals surface area contributed by atoms with Gasteiger partial charge in [-0.05, 0) is 51.9 Å². The van der Waals surface area contributed by atoms with Gasteiger partial charge in [-0.2, -0.15) is 0 Å². The van der Waals surface area contributed by atoms with Crippen LogP contribution in [0.5, 0.6) is 0 Å². The summed E-state index contributed by atoms with van der Waals surface area (Å²) in [5, 5.41) is 6.68. The number of rotatable bonds is 4. The molecule has 4 heteroatoms. The molecule has 0 saturated carbocycles. The largest absolute Gasteiger partial charge is 0.464 e. The third-order valence-electron chi connectivity index (χ3n) is 3.56. The summed E-state index contributed by atoms with van der Waals surface area (Å²) in [6.45, 7) is 5.98. The maximum absolute atomic E-state index is 12.3. The van der Waals surface area contributed by atoms with Crippen molar-refractivity contribution in [2.24, 2.45) is 0 Å². The van der Waals surface area contributed by atoms with E-state index in [1.807, 2.05) is 31.2 Å². The van der Waals surface area contributed by atoms with Crippen LogP contribution < -0.4 is 10.6 Å². The minimum absolute atomic E-state index is 0.142. The fourth-order valence-corrected chi connectivity index (χ4v) is 2.42. The van der Waals surface area contributed by atoms with Crippen LogP contribution in [0.25, 0.3) is 0 Å². The highest BCUT2D eigenvalue weighted by Gasteiger charge is 2.40. The predicted octanol–water partition coefficient (Wildman–Crippen LogP) is 2.09. The van der Waals surface area contributed by atoms with Crippen LogP contribution in [0.15, 0.2) is 24.3 Å². The molecule has 1 aromatic rings. The number of nitrogens with one attached hydrogen (secondary N) is 2. The average Bonchev–Trinajstić information content (AvgIpc) is 2.43. The van der Waals surface area contributed by atoms with Gasteiger partial charge in [-0.1, -0.05) is 17.7 Å². The van der Waals surface area contributed by atoms with Crippen LogP contribution in [0.1, 0.15) is 25.3 Å². The number of benzene rings is 1. The van der Waals surface area contributed by atoms with Gasteiger partial charge in [0.1, 0.15) is 5.54 Å². The number of hydrogen-bond acceptors (Lipinski definition) is 4. The van der Waals surface area contributed by atoms with Gasteiger partial charge < -0.3 is 15.4 Å². The maximum atomic E-state index is 12.3. The van der Waals surface area contributed by atoms with E-state index >= 15 is 0 Å². The zero-order valence-electron chi connectivity index (χ0n) is 11.7. The van der Waals surface area contributed by atoms with Crippen LogP contribution in [0.3, 0.4) is 0 Å². The summed E-state index contributed by atoms with van der Waals surface area (Å²) in [6, 6.07) is 8.11. The van der Waals surface area contributed by atoms with Gasteiger partial charge >= 0.3 is 5.97 Å². The third kappa shape index (κ3) is 3.26. The number of carbonyl (C=O) groups is 1. The second-order valence-electron chi connectivity index (χ2n) is 5.04. The highest BCUT2D eigenvalue weighted by Crippen LogP contribution is 2.26. The number of ether oxygens (including phenoxy) is 1. The van der Waals surface area contributed by atoms with Crippen molar-refractivity contribution in [3.63, 3.8) is 0 Å². The van der Waals surface area contributed by atoms with E-state index in [2.05, 4.69) is 17.6 Å². The van der Waals surface area contributed by atoms with Crippen molar-refractivity contribution in [1.29, 1.82) is 0 Å². The molecule has 2 rings (SSSR count). The van der Waals surface area contributed by atoms with Crippen molar-refractivity contribution >= 4 is 11.7 Å². The smallest absolute Gasteiger partial charge is 0.331 e. The van der Waals surface area contributed by atoms with Crippen LogP contribution in [-0.4, -0.2) is 31.2 Å². The monoisotopic (exact) mass is 262 g/mol. The van der Waals surface area contributed by atoms with Crippen molar-refractivity contribution < 1.29 is 9.53 Å². The summed E-state index contributed by atoms with van der Waals surface area (Å²) >= 11 is 0. The molecule has 1 aliphatic heterocycles. The van der Waals surface area contributed by atoms with E-state index in [-0.39, 0.29) is 5.97 Å². The first-order valence-corrected chi connectivity index (χ1v) is 6.89. The summed E-state index contributed by atoms with van der Waals surface area (Å²) in [5.74, 6) is -0.142. The van der Waals surface area contributed by atoms with E-state index in [9.17, 15) is 4.79 Å². The first-order chi connectivity index (χ1) is 9.16. The summed E-state index contributed by atoms with van der Waals surface area (Å²) in [6.07, 6.45) is 1.50. The van der Waals surface area contributed by atoms with Gasteiger partial charge in [-0.3, -0.25) is 0 Å². The highest BCUT2D eigenvalue weighted by molar-refractivity contribution is 5.84. The Bertz CT molecular complexity index is 422. The van der Waals surface area contributed by atoms with Gasteiger partial charge in [-0.15, -0.1) is 0 Å². The van der Waals surface area contributed by atoms with Gasteiger partial charge in [0.2, 0.25) is 0 Å². The molecule has 1 saturated heterocycles. The predicted molar refractivity (Wildman–Crippen MR) is 76.3 cm³/mol. The molecule has 19 heavy (non-hydrogen) atoms. The molecule has 0 aliphatic carbocycles. The summed E-state index contributed by atoms with van der Waals surface area (Å²) < 4.78 is 5.25. The van der Waals surface area contributed by atoms with Crippen LogP contribution >= 0.6 is 0 Å². The lowest BCUT2D eigenvalue weighted by Crippen LogP contribution is -2.54. The molecule has 0 radical (unpaired) electrons. The molecule has 0 atom stereocenters. The molecule has 0 spiro atoms. The molecule has 1 aliphatic rings. The second-order valence-corrected chi connectivity index (χ2v) is 5.04. The van der Waals surface area contributed by atoms with E-state index in [0.717, 1.165) is 31.6 Å². The maximum Gasteiger partial charge on any atom is 0.331 e. The Kier molecular flexibility index (Phi) is 4.43. The van der Waals surface area contributed by atoms with Crippen LogP contribution in [0.2, 0.25) is 0 Å². The first kappa shape index (κ1) is 13.9. The SMILES string of the molecule is CCOC(=O)C1(Nc2ccc(C)cc2)CCNCC1. The van der Waals surface area contributed by atoms with Crippen molar-refractivity contribution in [1.82, 2.24) is 5.32 Å². The van der Waals surface area contributed by atoms with E-state index in [0.29, 0.717) is 6.61 Å². The lowest BCUT2D eigenvalue weighted by atomic mass is 9.88. The van der Waals surface area contributed by atoms with Crippen molar-refractivity contribution in [2.45, 2.75) is 32.2 Å². The number of hydrogen-bond donors (Lipinski definition) is 2. The molecule has 104 valence electrons. The molecule has 0 amide bonds. The number of aryl methyl sites for hydroxylation is 1. The van der Waals surface area contributed by atoms with Gasteiger partial charge in [0.25, 0.3) is 0 Å². The second kappa shape index (κ2) is 6.06. The number of anilines is 1. The van der Waals surface area contributed by atoms with Crippen LogP contribution in [-0.2, 0) is 9.53 Å². The van der Waals surface area contributed by atoms with Gasteiger partial charge in [0.15, 0.2) is 0 Å². The van der Waals surface area contributed by atoms with Crippen molar-refractivity contribution in [2.75, 3.05) is 25.0 Å². The zero-order valence-corrected chi connectivity index (χ0v) is 11.7. The summed E-state index contributed by atoms with van der Waals surface area (Å²) in [4.78, 5) is 12.3. The first-order valence-electron chi connectivity index (χ1n) is 6.89. The number of piperidine rings is 1. The standard InChI is InChI=1S/C15H22N2O2/c1-3-19-14(18)15(8-10-16-11-9-15)17-13-6-4-12(2)5-7-13/h4-7,16-17H,3,8-11H2,1-2H3. The minimum atomic E-state index is -0.587. The molecule has 1 heterocycles. The molecule has 2 N–H and O–H groups in total. The Morgan fingerprint density at radius 3 is 2.53 bits per heavy atom. The fraction of sp³-hybridized carbons (Fsp3) is 0.533. The average molecular weight is 262 g/mol. The van der Waals surface area contributed by atoms with E-state index in [4.69, 9.17) is 4.74 Å². The van der Waals surface area contributed by atoms with Crippen molar-refractivity contribution in [3.05, 3.63) is 29.8 Å². The Labute approximate surface area is 114 Å². The molecule has 0 aromatic heterocycles. The molecular formula is C15H22N2O2. The highest BCUT2D eigenvalue weighted by atomic mass is 16.5. The lowest BCUT2D eigenvalue weighted by Gasteiger charge is -2.36. The van der Waals surface area contributed by atoms with Crippen molar-refractivity contribution in [3.8, 4) is 0 Å². The molecule has 0 unspecified atom stereocenters. The molecule has 1 aromatic carbocycles. The lowest BCUT2D eigenvalue weighted by molar-refractivity contribution is -0.149. The van der Waals surface area contributed by atoms with Gasteiger partial charge in [0.05, 0.1) is 6.61 Å². The van der Waals surface area contributed by atoms with E-state index in [1.165, 1.54) is 5.56 Å². The minimum Gasteiger partial charge on any atom is -0.464 e. The van der Waals surface area contributed by atoms with E-state index < -0.39 is 5.54 Å². The molecular weight excluding hydrogens is 240 g/mol.